The van der Waals surface area contributed by atoms with Crippen molar-refractivity contribution < 1.29 is 0 Å². The maximum atomic E-state index is 2.63. The van der Waals surface area contributed by atoms with Gasteiger partial charge < -0.3 is 0 Å². The molecule has 0 spiro atoms. The first kappa shape index (κ1) is 9.04. The lowest BCUT2D eigenvalue weighted by Crippen LogP contribution is -2.30. The third-order valence-corrected chi connectivity index (χ3v) is 4.56. The van der Waals surface area contributed by atoms with E-state index in [1.165, 1.54) is 38.5 Å². The summed E-state index contributed by atoms with van der Waals surface area (Å²) in [6.45, 7) is 2.48. The van der Waals surface area contributed by atoms with Crippen molar-refractivity contribution in [3.63, 3.8) is 0 Å². The fourth-order valence-corrected chi connectivity index (χ4v) is 4.00. The van der Waals surface area contributed by atoms with E-state index in [2.05, 4.69) is 35.6 Å². The van der Waals surface area contributed by atoms with Crippen LogP contribution in [0.4, 0.5) is 0 Å². The number of fused-ring (bicyclic) bond motifs is 1. The van der Waals surface area contributed by atoms with E-state index in [1.54, 1.807) is 5.57 Å². The molecule has 68 valence electrons. The van der Waals surface area contributed by atoms with Gasteiger partial charge in [-0.2, -0.15) is 0 Å². The molecule has 2 rings (SSSR count). The predicted molar refractivity (Wildman–Crippen MR) is 61.7 cm³/mol. The van der Waals surface area contributed by atoms with E-state index < -0.39 is 0 Å². The molecule has 0 aromatic heterocycles. The van der Waals surface area contributed by atoms with Crippen LogP contribution in [-0.2, 0) is 0 Å². The minimum atomic E-state index is 0.600. The third-order valence-electron chi connectivity index (χ3n) is 3.50. The molecule has 0 amide bonds. The van der Waals surface area contributed by atoms with Crippen LogP contribution in [0.15, 0.2) is 11.6 Å². The van der Waals surface area contributed by atoms with E-state index in [0.29, 0.717) is 5.41 Å². The van der Waals surface area contributed by atoms with Crippen molar-refractivity contribution in [2.45, 2.75) is 49.4 Å². The first-order valence-electron chi connectivity index (χ1n) is 5.04. The lowest BCUT2D eigenvalue weighted by molar-refractivity contribution is 0.272. The Labute approximate surface area is 88.9 Å². The Hall–Kier alpha value is 0.470. The van der Waals surface area contributed by atoms with Crippen LogP contribution in [0.25, 0.3) is 0 Å². The summed E-state index contributed by atoms with van der Waals surface area (Å²) in [6, 6.07) is 0. The zero-order chi connectivity index (χ0) is 8.60. The van der Waals surface area contributed by atoms with Crippen LogP contribution in [0.2, 0.25) is 0 Å². The van der Waals surface area contributed by atoms with Gasteiger partial charge in [0.25, 0.3) is 0 Å². The van der Waals surface area contributed by atoms with Crippen LogP contribution in [0.3, 0.4) is 0 Å². The highest BCUT2D eigenvalue weighted by Gasteiger charge is 2.35. The number of alkyl halides is 1. The number of hydrogen-bond acceptors (Lipinski definition) is 0. The summed E-state index contributed by atoms with van der Waals surface area (Å²) in [5, 5.41) is 0. The van der Waals surface area contributed by atoms with Gasteiger partial charge in [0.2, 0.25) is 0 Å². The van der Waals surface area contributed by atoms with Gasteiger partial charge in [-0.3, -0.25) is 0 Å². The molecule has 2 aliphatic carbocycles. The molecule has 0 bridgehead atoms. The largest absolute Gasteiger partial charge is 0.0848 e. The summed E-state index contributed by atoms with van der Waals surface area (Å²) in [6.07, 6.45) is 11.0. The molecule has 0 saturated heterocycles. The third kappa shape index (κ3) is 1.57. The Bertz CT molecular complexity index is 207. The molecule has 0 radical (unpaired) electrons. The summed E-state index contributed by atoms with van der Waals surface area (Å²) >= 11 is 2.63. The molecule has 0 nitrogen and oxygen atoms in total. The minimum Gasteiger partial charge on any atom is -0.0848 e. The Balaban J connectivity index is 2.20. The van der Waals surface area contributed by atoms with Gasteiger partial charge in [0.05, 0.1) is 0 Å². The molecule has 1 unspecified atom stereocenters. The Morgan fingerprint density at radius 1 is 1.58 bits per heavy atom. The minimum absolute atomic E-state index is 0.600. The molecule has 2 atom stereocenters. The second-order valence-electron chi connectivity index (χ2n) is 4.52. The van der Waals surface area contributed by atoms with Crippen molar-refractivity contribution in [2.75, 3.05) is 0 Å². The molecule has 12 heavy (non-hydrogen) atoms. The van der Waals surface area contributed by atoms with Crippen LogP contribution >= 0.6 is 22.6 Å². The van der Waals surface area contributed by atoms with Gasteiger partial charge in [0, 0.05) is 3.92 Å². The lowest BCUT2D eigenvalue weighted by Gasteiger charge is -2.41. The molecule has 0 N–H and O–H groups in total. The molecule has 0 aromatic carbocycles. The van der Waals surface area contributed by atoms with Crippen molar-refractivity contribution in [3.8, 4) is 0 Å². The van der Waals surface area contributed by atoms with Crippen LogP contribution in [0.5, 0.6) is 0 Å². The SMILES string of the molecule is CC12CCCC=C1CC[C@@H](I)C2. The Kier molecular flexibility index (Phi) is 2.50. The van der Waals surface area contributed by atoms with Gasteiger partial charge in [0.15, 0.2) is 0 Å². The highest BCUT2D eigenvalue weighted by molar-refractivity contribution is 14.1. The zero-order valence-corrected chi connectivity index (χ0v) is 9.93. The summed E-state index contributed by atoms with van der Waals surface area (Å²) in [4.78, 5) is 0. The Morgan fingerprint density at radius 2 is 2.42 bits per heavy atom. The molecular weight excluding hydrogens is 259 g/mol. The fourth-order valence-electron chi connectivity index (χ4n) is 2.72. The van der Waals surface area contributed by atoms with Crippen LogP contribution in [0, 0.1) is 5.41 Å². The number of allylic oxidation sites excluding steroid dienone is 2. The van der Waals surface area contributed by atoms with Crippen molar-refractivity contribution in [1.82, 2.24) is 0 Å². The van der Waals surface area contributed by atoms with Crippen molar-refractivity contribution in [2.24, 2.45) is 5.41 Å². The summed E-state index contributed by atoms with van der Waals surface area (Å²) < 4.78 is 0.933. The smallest absolute Gasteiger partial charge is 0.0121 e. The van der Waals surface area contributed by atoms with E-state index in [4.69, 9.17) is 0 Å². The predicted octanol–water partition coefficient (Wildman–Crippen LogP) is 4.09. The summed E-state index contributed by atoms with van der Waals surface area (Å²) in [7, 11) is 0. The van der Waals surface area contributed by atoms with E-state index in [9.17, 15) is 0 Å². The number of hydrogen-bond donors (Lipinski definition) is 0. The van der Waals surface area contributed by atoms with E-state index >= 15 is 0 Å². The Morgan fingerprint density at radius 3 is 3.25 bits per heavy atom. The molecule has 0 aromatic rings. The average molecular weight is 276 g/mol. The van der Waals surface area contributed by atoms with Gasteiger partial charge in [-0.05, 0) is 43.9 Å². The number of rotatable bonds is 0. The second kappa shape index (κ2) is 3.32. The second-order valence-corrected chi connectivity index (χ2v) is 6.28. The van der Waals surface area contributed by atoms with Crippen LogP contribution < -0.4 is 0 Å². The topological polar surface area (TPSA) is 0 Å². The number of halogens is 1. The van der Waals surface area contributed by atoms with Gasteiger partial charge in [-0.25, -0.2) is 0 Å². The first-order valence-corrected chi connectivity index (χ1v) is 6.29. The lowest BCUT2D eigenvalue weighted by atomic mass is 9.66. The standard InChI is InChI=1S/C11H17I/c1-11-7-3-2-4-9(11)5-6-10(12)8-11/h4,10H,2-3,5-8H2,1H3/t10-,11?/m1/s1. The van der Waals surface area contributed by atoms with Gasteiger partial charge in [-0.1, -0.05) is 41.2 Å². The maximum absolute atomic E-state index is 2.63. The van der Waals surface area contributed by atoms with E-state index in [0.717, 1.165) is 3.92 Å². The van der Waals surface area contributed by atoms with E-state index in [1.807, 2.05) is 0 Å². The fraction of sp³-hybridized carbons (Fsp3) is 0.818. The first-order chi connectivity index (χ1) is 5.71. The van der Waals surface area contributed by atoms with Crippen LogP contribution in [-0.4, -0.2) is 3.92 Å². The molecular formula is C11H17I. The highest BCUT2D eigenvalue weighted by atomic mass is 127. The molecule has 0 heterocycles. The quantitative estimate of drug-likeness (QED) is 0.355. The zero-order valence-electron chi connectivity index (χ0n) is 7.78. The maximum Gasteiger partial charge on any atom is 0.0121 e. The highest BCUT2D eigenvalue weighted by Crippen LogP contribution is 2.48. The molecule has 2 aliphatic rings. The molecule has 1 heteroatoms. The average Bonchev–Trinajstić information content (AvgIpc) is 2.02. The van der Waals surface area contributed by atoms with Gasteiger partial charge in [-0.15, -0.1) is 0 Å². The van der Waals surface area contributed by atoms with Crippen molar-refractivity contribution in [3.05, 3.63) is 11.6 Å². The van der Waals surface area contributed by atoms with Crippen molar-refractivity contribution >= 4 is 22.6 Å². The summed E-state index contributed by atoms with van der Waals surface area (Å²) in [5.74, 6) is 0. The van der Waals surface area contributed by atoms with Crippen molar-refractivity contribution in [1.29, 1.82) is 0 Å². The van der Waals surface area contributed by atoms with Gasteiger partial charge in [0.1, 0.15) is 0 Å². The van der Waals surface area contributed by atoms with Gasteiger partial charge >= 0.3 is 0 Å². The molecule has 0 aliphatic heterocycles. The molecule has 1 fully saturated rings. The molecule has 1 saturated carbocycles. The normalized spacial score (nSPS) is 41.8. The van der Waals surface area contributed by atoms with E-state index in [-0.39, 0.29) is 0 Å². The van der Waals surface area contributed by atoms with Crippen LogP contribution in [0.1, 0.15) is 45.4 Å². The summed E-state index contributed by atoms with van der Waals surface area (Å²) in [5.41, 5.74) is 2.38. The monoisotopic (exact) mass is 276 g/mol.